The van der Waals surface area contributed by atoms with Crippen LogP contribution in [-0.4, -0.2) is 60.6 Å². The summed E-state index contributed by atoms with van der Waals surface area (Å²) in [6.45, 7) is 5.13. The van der Waals surface area contributed by atoms with E-state index in [1.165, 1.54) is 28.2 Å². The maximum atomic E-state index is 13.1. The van der Waals surface area contributed by atoms with Crippen LogP contribution in [0.5, 0.6) is 0 Å². The molecule has 0 aliphatic carbocycles. The van der Waals surface area contributed by atoms with Crippen molar-refractivity contribution in [2.24, 2.45) is 0 Å². The molecule has 1 aromatic carbocycles. The minimum atomic E-state index is -3.70. The van der Waals surface area contributed by atoms with Gasteiger partial charge in [0.2, 0.25) is 15.9 Å². The molecule has 7 nitrogen and oxygen atoms in total. The highest BCUT2D eigenvalue weighted by Crippen LogP contribution is 2.21. The molecule has 1 aliphatic rings. The number of benzene rings is 1. The average Bonchev–Trinajstić information content (AvgIpc) is 2.89. The highest BCUT2D eigenvalue weighted by molar-refractivity contribution is 7.99. The molecule has 0 N–H and O–H groups in total. The van der Waals surface area contributed by atoms with Gasteiger partial charge in [-0.15, -0.1) is 11.8 Å². The largest absolute Gasteiger partial charge is 0.361 e. The first-order valence-corrected chi connectivity index (χ1v) is 11.9. The zero-order valence-corrected chi connectivity index (χ0v) is 18.1. The van der Waals surface area contributed by atoms with Crippen molar-refractivity contribution in [1.29, 1.82) is 0 Å². The molecule has 1 aliphatic heterocycles. The average molecular weight is 442 g/mol. The van der Waals surface area contributed by atoms with E-state index in [1.54, 1.807) is 4.90 Å². The van der Waals surface area contributed by atoms with Crippen molar-refractivity contribution in [3.05, 3.63) is 47.1 Å². The van der Waals surface area contributed by atoms with Crippen LogP contribution in [0.4, 0.5) is 4.39 Å². The van der Waals surface area contributed by atoms with Crippen LogP contribution in [0.2, 0.25) is 0 Å². The topological polar surface area (TPSA) is 83.7 Å². The van der Waals surface area contributed by atoms with Crippen LogP contribution in [0.1, 0.15) is 23.4 Å². The molecule has 29 heavy (non-hydrogen) atoms. The Bertz CT molecular complexity index is 941. The van der Waals surface area contributed by atoms with Crippen molar-refractivity contribution in [2.75, 3.05) is 31.9 Å². The maximum absolute atomic E-state index is 13.1. The first-order valence-electron chi connectivity index (χ1n) is 9.32. The summed E-state index contributed by atoms with van der Waals surface area (Å²) in [5.74, 6) is 1.23. The molecule has 3 rings (SSSR count). The van der Waals surface area contributed by atoms with Gasteiger partial charge in [-0.2, -0.15) is 4.31 Å². The Kier molecular flexibility index (Phi) is 6.97. The minimum Gasteiger partial charge on any atom is -0.361 e. The minimum absolute atomic E-state index is 0.0113. The van der Waals surface area contributed by atoms with Crippen molar-refractivity contribution in [1.82, 2.24) is 14.4 Å². The predicted molar refractivity (Wildman–Crippen MR) is 108 cm³/mol. The smallest absolute Gasteiger partial charge is 0.243 e. The number of sulfonamides is 1. The van der Waals surface area contributed by atoms with E-state index in [1.807, 2.05) is 13.8 Å². The Hall–Kier alpha value is -1.91. The summed E-state index contributed by atoms with van der Waals surface area (Å²) in [6.07, 6.45) is 0.556. The van der Waals surface area contributed by atoms with Crippen LogP contribution in [0.15, 0.2) is 33.7 Å². The second kappa shape index (κ2) is 9.27. The molecule has 158 valence electrons. The molecule has 1 aromatic heterocycles. The highest BCUT2D eigenvalue weighted by atomic mass is 32.2. The van der Waals surface area contributed by atoms with Crippen molar-refractivity contribution < 1.29 is 22.1 Å². The van der Waals surface area contributed by atoms with Gasteiger partial charge in [0.25, 0.3) is 0 Å². The molecule has 0 unspecified atom stereocenters. The standard InChI is InChI=1S/C19H24FN3O4S2/c1-14-18(15(2)27-21-14)12-28-13-19(24)22-8-3-9-23(11-10-22)29(25,26)17-6-4-16(20)5-7-17/h4-7H,3,8-13H2,1-2H3. The predicted octanol–water partition coefficient (Wildman–Crippen LogP) is 2.59. The van der Waals surface area contributed by atoms with E-state index in [9.17, 15) is 17.6 Å². The van der Waals surface area contributed by atoms with Gasteiger partial charge >= 0.3 is 0 Å². The summed E-state index contributed by atoms with van der Waals surface area (Å²) in [7, 11) is -3.70. The summed E-state index contributed by atoms with van der Waals surface area (Å²) in [4.78, 5) is 14.3. The summed E-state index contributed by atoms with van der Waals surface area (Å²) < 4.78 is 45.1. The number of carbonyl (C=O) groups is 1. The number of halogens is 1. The molecule has 0 atom stereocenters. The molecule has 0 saturated carbocycles. The maximum Gasteiger partial charge on any atom is 0.243 e. The Labute approximate surface area is 174 Å². The molecule has 2 heterocycles. The van der Waals surface area contributed by atoms with E-state index in [-0.39, 0.29) is 17.3 Å². The zero-order valence-electron chi connectivity index (χ0n) is 16.4. The SMILES string of the molecule is Cc1noc(C)c1CSCC(=O)N1CCCN(S(=O)(=O)c2ccc(F)cc2)CC1. The summed E-state index contributed by atoms with van der Waals surface area (Å²) in [5.41, 5.74) is 1.84. The lowest BCUT2D eigenvalue weighted by atomic mass is 10.2. The lowest BCUT2D eigenvalue weighted by molar-refractivity contribution is -0.128. The van der Waals surface area contributed by atoms with Crippen molar-refractivity contribution in [3.63, 3.8) is 0 Å². The monoisotopic (exact) mass is 441 g/mol. The molecule has 10 heteroatoms. The van der Waals surface area contributed by atoms with E-state index in [0.29, 0.717) is 37.6 Å². The second-order valence-electron chi connectivity index (χ2n) is 6.89. The summed E-state index contributed by atoms with van der Waals surface area (Å²) in [6, 6.07) is 4.81. The first kappa shape index (κ1) is 21.8. The van der Waals surface area contributed by atoms with Gasteiger partial charge in [-0.05, 0) is 44.5 Å². The van der Waals surface area contributed by atoms with Crippen molar-refractivity contribution >= 4 is 27.7 Å². The van der Waals surface area contributed by atoms with E-state index in [0.717, 1.165) is 29.2 Å². The first-order chi connectivity index (χ1) is 13.8. The lowest BCUT2D eigenvalue weighted by Crippen LogP contribution is -2.38. The second-order valence-corrected chi connectivity index (χ2v) is 9.81. The third kappa shape index (κ3) is 5.18. The fourth-order valence-corrected chi connectivity index (χ4v) is 5.72. The third-order valence-corrected chi connectivity index (χ3v) is 7.77. The molecule has 1 saturated heterocycles. The quantitative estimate of drug-likeness (QED) is 0.685. The van der Waals surface area contributed by atoms with Crippen LogP contribution >= 0.6 is 11.8 Å². The molecular formula is C19H24FN3O4S2. The normalized spacial score (nSPS) is 16.0. The van der Waals surface area contributed by atoms with Gasteiger partial charge in [-0.25, -0.2) is 12.8 Å². The number of carbonyl (C=O) groups excluding carboxylic acids is 1. The van der Waals surface area contributed by atoms with E-state index < -0.39 is 15.8 Å². The van der Waals surface area contributed by atoms with Crippen LogP contribution < -0.4 is 0 Å². The number of amides is 1. The number of rotatable bonds is 6. The van der Waals surface area contributed by atoms with E-state index >= 15 is 0 Å². The molecule has 1 amide bonds. The van der Waals surface area contributed by atoms with Crippen LogP contribution in [0.3, 0.4) is 0 Å². The number of aromatic nitrogens is 1. The fraction of sp³-hybridized carbons (Fsp3) is 0.474. The van der Waals surface area contributed by atoms with Gasteiger partial charge in [0.05, 0.1) is 16.3 Å². The Morgan fingerprint density at radius 1 is 1.17 bits per heavy atom. The molecule has 0 bridgehead atoms. The fourth-order valence-electron chi connectivity index (χ4n) is 3.18. The van der Waals surface area contributed by atoms with Crippen LogP contribution in [-0.2, 0) is 20.6 Å². The summed E-state index contributed by atoms with van der Waals surface area (Å²) in [5, 5.41) is 3.91. The number of hydrogen-bond acceptors (Lipinski definition) is 6. The van der Waals surface area contributed by atoms with E-state index in [2.05, 4.69) is 5.16 Å². The van der Waals surface area contributed by atoms with Crippen molar-refractivity contribution in [3.8, 4) is 0 Å². The van der Waals surface area contributed by atoms with Gasteiger partial charge in [0.1, 0.15) is 11.6 Å². The highest BCUT2D eigenvalue weighted by Gasteiger charge is 2.28. The Morgan fingerprint density at radius 3 is 2.55 bits per heavy atom. The lowest BCUT2D eigenvalue weighted by Gasteiger charge is -2.22. The van der Waals surface area contributed by atoms with Gasteiger partial charge < -0.3 is 9.42 Å². The zero-order chi connectivity index (χ0) is 21.0. The van der Waals surface area contributed by atoms with Gasteiger partial charge in [0.15, 0.2) is 0 Å². The molecular weight excluding hydrogens is 417 g/mol. The molecule has 0 spiro atoms. The van der Waals surface area contributed by atoms with Crippen LogP contribution in [0.25, 0.3) is 0 Å². The van der Waals surface area contributed by atoms with Gasteiger partial charge in [0, 0.05) is 37.5 Å². The Balaban J connectivity index is 1.55. The molecule has 0 radical (unpaired) electrons. The molecule has 1 fully saturated rings. The third-order valence-electron chi connectivity index (χ3n) is 4.91. The van der Waals surface area contributed by atoms with Gasteiger partial charge in [-0.3, -0.25) is 4.79 Å². The summed E-state index contributed by atoms with van der Waals surface area (Å²) >= 11 is 1.49. The molecule has 2 aromatic rings. The Morgan fingerprint density at radius 2 is 1.90 bits per heavy atom. The number of aryl methyl sites for hydroxylation is 2. The number of thioether (sulfide) groups is 1. The number of nitrogens with zero attached hydrogens (tertiary/aromatic N) is 3. The van der Waals surface area contributed by atoms with Crippen molar-refractivity contribution in [2.45, 2.75) is 30.9 Å². The number of hydrogen-bond donors (Lipinski definition) is 0. The van der Waals surface area contributed by atoms with Gasteiger partial charge in [-0.1, -0.05) is 5.16 Å². The van der Waals surface area contributed by atoms with Crippen LogP contribution in [0, 0.1) is 19.7 Å². The van der Waals surface area contributed by atoms with E-state index in [4.69, 9.17) is 4.52 Å².